The molecule has 2 rings (SSSR count). The van der Waals surface area contributed by atoms with Crippen molar-refractivity contribution in [1.29, 1.82) is 0 Å². The third-order valence-corrected chi connectivity index (χ3v) is 6.96. The van der Waals surface area contributed by atoms with Crippen LogP contribution >= 0.6 is 91.2 Å². The second-order valence-corrected chi connectivity index (χ2v) is 11.8. The van der Waals surface area contributed by atoms with Crippen LogP contribution < -0.4 is 0 Å². The van der Waals surface area contributed by atoms with Gasteiger partial charge in [0.15, 0.2) is 0 Å². The lowest BCUT2D eigenvalue weighted by Gasteiger charge is -2.13. The highest BCUT2D eigenvalue weighted by molar-refractivity contribution is 8.76. The van der Waals surface area contributed by atoms with Crippen molar-refractivity contribution in [2.75, 3.05) is 0 Å². The van der Waals surface area contributed by atoms with E-state index in [9.17, 15) is 20.2 Å². The Morgan fingerprint density at radius 2 is 1.00 bits per heavy atom. The number of benzene rings is 2. The first-order chi connectivity index (χ1) is 12.8. The van der Waals surface area contributed by atoms with E-state index in [1.165, 1.54) is 24.3 Å². The van der Waals surface area contributed by atoms with Crippen molar-refractivity contribution >= 4 is 103 Å². The molecule has 0 bridgehead atoms. The molecule has 6 nitrogen and oxygen atoms in total. The zero-order chi connectivity index (χ0) is 21.3. The van der Waals surface area contributed by atoms with E-state index in [2.05, 4.69) is 0 Å². The van der Waals surface area contributed by atoms with E-state index < -0.39 is 17.4 Å². The minimum atomic E-state index is -1.83. The standard InChI is InChI=1S/C14H6Cl6N2O4S2/c15-13(16,17)7-1-3-11(9(5-7)21(23)24)27-28-12-4-2-8(14(18,19)20)6-10(12)22(25)26/h1-6H. The number of nitro benzene ring substituents is 2. The van der Waals surface area contributed by atoms with E-state index in [0.29, 0.717) is 0 Å². The molecule has 28 heavy (non-hydrogen) atoms. The van der Waals surface area contributed by atoms with Crippen molar-refractivity contribution in [2.24, 2.45) is 0 Å². The summed E-state index contributed by atoms with van der Waals surface area (Å²) in [6.07, 6.45) is 0. The van der Waals surface area contributed by atoms with Gasteiger partial charge in [-0.1, -0.05) is 81.7 Å². The van der Waals surface area contributed by atoms with Crippen LogP contribution in [0, 0.1) is 20.2 Å². The first-order valence-corrected chi connectivity index (χ1v) is 11.3. The Balaban J connectivity index is 2.36. The number of alkyl halides is 6. The molecule has 2 aromatic carbocycles. The number of rotatable bonds is 5. The van der Waals surface area contributed by atoms with Crippen LogP contribution in [-0.2, 0) is 7.59 Å². The summed E-state index contributed by atoms with van der Waals surface area (Å²) in [6.45, 7) is 0. The summed E-state index contributed by atoms with van der Waals surface area (Å²) in [7, 11) is 1.87. The SMILES string of the molecule is O=[N+]([O-])c1cc(C(Cl)(Cl)Cl)ccc1SSc1ccc(C(Cl)(Cl)Cl)cc1[N+](=O)[O-]. The number of nitrogens with zero attached hydrogens (tertiary/aromatic N) is 2. The third-order valence-electron chi connectivity index (χ3n) is 3.19. The lowest BCUT2D eigenvalue weighted by Crippen LogP contribution is -2.02. The summed E-state index contributed by atoms with van der Waals surface area (Å²) in [5, 5.41) is 22.7. The molecule has 0 aliphatic carbocycles. The minimum absolute atomic E-state index is 0.122. The molecule has 0 N–H and O–H groups in total. The quantitative estimate of drug-likeness (QED) is 0.165. The smallest absolute Gasteiger partial charge is 0.258 e. The van der Waals surface area contributed by atoms with E-state index in [-0.39, 0.29) is 32.3 Å². The Morgan fingerprint density at radius 1 is 0.679 bits per heavy atom. The highest BCUT2D eigenvalue weighted by atomic mass is 35.6. The van der Waals surface area contributed by atoms with E-state index in [4.69, 9.17) is 69.6 Å². The molecule has 0 unspecified atom stereocenters. The predicted octanol–water partition coefficient (Wildman–Crippen LogP) is 7.96. The van der Waals surface area contributed by atoms with E-state index in [0.717, 1.165) is 33.7 Å². The van der Waals surface area contributed by atoms with Gasteiger partial charge >= 0.3 is 0 Å². The number of hydrogen-bond donors (Lipinski definition) is 0. The zero-order valence-electron chi connectivity index (χ0n) is 13.1. The van der Waals surface area contributed by atoms with Crippen molar-refractivity contribution in [3.63, 3.8) is 0 Å². The highest BCUT2D eigenvalue weighted by Gasteiger charge is 2.29. The Morgan fingerprint density at radius 3 is 1.25 bits per heavy atom. The van der Waals surface area contributed by atoms with Crippen LogP contribution in [0.2, 0.25) is 0 Å². The number of nitro groups is 2. The van der Waals surface area contributed by atoms with Gasteiger partial charge in [0.1, 0.15) is 0 Å². The van der Waals surface area contributed by atoms with Crippen molar-refractivity contribution < 1.29 is 9.85 Å². The van der Waals surface area contributed by atoms with Crippen LogP contribution in [0.1, 0.15) is 11.1 Å². The Hall–Kier alpha value is -0.320. The molecule has 0 aliphatic heterocycles. The van der Waals surface area contributed by atoms with Gasteiger partial charge in [0.2, 0.25) is 7.59 Å². The molecule has 0 atom stereocenters. The summed E-state index contributed by atoms with van der Waals surface area (Å²) in [6, 6.07) is 7.90. The molecular formula is C14H6Cl6N2O4S2. The van der Waals surface area contributed by atoms with E-state index in [1.807, 2.05) is 0 Å². The van der Waals surface area contributed by atoms with Gasteiger partial charge in [-0.05, 0) is 33.7 Å². The Labute approximate surface area is 196 Å². The molecule has 2 aromatic rings. The molecule has 0 heterocycles. The topological polar surface area (TPSA) is 86.3 Å². The maximum atomic E-state index is 11.3. The molecule has 0 spiro atoms. The summed E-state index contributed by atoms with van der Waals surface area (Å²) in [4.78, 5) is 21.8. The molecule has 150 valence electrons. The first-order valence-electron chi connectivity index (χ1n) is 6.86. The Kier molecular flexibility index (Phi) is 7.89. The maximum absolute atomic E-state index is 11.3. The van der Waals surface area contributed by atoms with Gasteiger partial charge in [-0.2, -0.15) is 0 Å². The third kappa shape index (κ3) is 6.09. The average molecular weight is 543 g/mol. The van der Waals surface area contributed by atoms with E-state index >= 15 is 0 Å². The molecule has 14 heteroatoms. The number of halogens is 6. The summed E-state index contributed by atoms with van der Waals surface area (Å²) in [5.41, 5.74) is -0.364. The van der Waals surface area contributed by atoms with Gasteiger partial charge in [-0.15, -0.1) is 0 Å². The molecular weight excluding hydrogens is 537 g/mol. The second-order valence-electron chi connectivity index (χ2n) is 5.04. The van der Waals surface area contributed by atoms with Gasteiger partial charge in [-0.25, -0.2) is 0 Å². The normalized spacial score (nSPS) is 12.1. The summed E-state index contributed by atoms with van der Waals surface area (Å²) in [5.74, 6) is 0. The number of hydrogen-bond acceptors (Lipinski definition) is 6. The van der Waals surface area contributed by atoms with Crippen LogP contribution in [0.25, 0.3) is 0 Å². The van der Waals surface area contributed by atoms with Gasteiger partial charge in [-0.3, -0.25) is 20.2 Å². The van der Waals surface area contributed by atoms with E-state index in [1.54, 1.807) is 0 Å². The minimum Gasteiger partial charge on any atom is -0.258 e. The van der Waals surface area contributed by atoms with Crippen molar-refractivity contribution in [3.05, 3.63) is 67.8 Å². The average Bonchev–Trinajstić information content (AvgIpc) is 2.57. The highest BCUT2D eigenvalue weighted by Crippen LogP contribution is 2.48. The van der Waals surface area contributed by atoms with Crippen molar-refractivity contribution in [2.45, 2.75) is 17.4 Å². The molecule has 0 amide bonds. The van der Waals surface area contributed by atoms with Crippen LogP contribution in [0.5, 0.6) is 0 Å². The predicted molar refractivity (Wildman–Crippen MR) is 116 cm³/mol. The lowest BCUT2D eigenvalue weighted by atomic mass is 10.2. The molecule has 0 aromatic heterocycles. The van der Waals surface area contributed by atoms with Crippen LogP contribution in [0.15, 0.2) is 46.2 Å². The molecule has 0 radical (unpaired) electrons. The lowest BCUT2D eigenvalue weighted by molar-refractivity contribution is -0.388. The fourth-order valence-corrected chi connectivity index (χ4v) is 4.86. The Bertz CT molecular complexity index is 858. The fraction of sp³-hybridized carbons (Fsp3) is 0.143. The van der Waals surface area contributed by atoms with Crippen LogP contribution in [0.4, 0.5) is 11.4 Å². The zero-order valence-corrected chi connectivity index (χ0v) is 19.2. The van der Waals surface area contributed by atoms with Gasteiger partial charge in [0.25, 0.3) is 11.4 Å². The fourth-order valence-electron chi connectivity index (χ4n) is 1.90. The van der Waals surface area contributed by atoms with Crippen molar-refractivity contribution in [3.8, 4) is 0 Å². The maximum Gasteiger partial charge on any atom is 0.284 e. The second kappa shape index (κ2) is 9.22. The van der Waals surface area contributed by atoms with Crippen LogP contribution in [0.3, 0.4) is 0 Å². The first kappa shape index (κ1) is 24.0. The summed E-state index contributed by atoms with van der Waals surface area (Å²) >= 11 is 34.5. The van der Waals surface area contributed by atoms with Gasteiger partial charge < -0.3 is 0 Å². The van der Waals surface area contributed by atoms with Gasteiger partial charge in [0, 0.05) is 23.3 Å². The molecule has 0 fully saturated rings. The van der Waals surface area contributed by atoms with Gasteiger partial charge in [0.05, 0.1) is 19.6 Å². The molecule has 0 saturated heterocycles. The summed E-state index contributed by atoms with van der Waals surface area (Å²) < 4.78 is -3.65. The largest absolute Gasteiger partial charge is 0.284 e. The van der Waals surface area contributed by atoms with Crippen molar-refractivity contribution in [1.82, 2.24) is 0 Å². The molecule has 0 aliphatic rings. The molecule has 0 saturated carbocycles. The monoisotopic (exact) mass is 540 g/mol. The van der Waals surface area contributed by atoms with Crippen LogP contribution in [-0.4, -0.2) is 9.85 Å².